The van der Waals surface area contributed by atoms with E-state index in [1.807, 2.05) is 36.4 Å². The van der Waals surface area contributed by atoms with Crippen molar-refractivity contribution in [2.24, 2.45) is 5.92 Å². The molecule has 4 aromatic rings. The Morgan fingerprint density at radius 2 is 1.88 bits per heavy atom. The van der Waals surface area contributed by atoms with Crippen molar-refractivity contribution in [3.63, 3.8) is 0 Å². The van der Waals surface area contributed by atoms with Crippen molar-refractivity contribution >= 4 is 22.9 Å². The Labute approximate surface area is 239 Å². The molecular formula is C31H37N7O3. The molecule has 6 rings (SSSR count). The van der Waals surface area contributed by atoms with Gasteiger partial charge in [-0.1, -0.05) is 42.5 Å². The lowest BCUT2D eigenvalue weighted by Gasteiger charge is -2.36. The number of anilines is 1. The highest BCUT2D eigenvalue weighted by molar-refractivity contribution is 6.00. The molecule has 1 saturated carbocycles. The number of fused-ring (bicyclic) bond motifs is 1. The molecule has 2 amide bonds. The molecule has 2 aromatic heterocycles. The number of nitrogens with zero attached hydrogens (tertiary/aromatic N) is 4. The van der Waals surface area contributed by atoms with Gasteiger partial charge >= 0.3 is 6.03 Å². The summed E-state index contributed by atoms with van der Waals surface area (Å²) in [5, 5.41) is 6.87. The molecule has 1 aliphatic heterocycles. The molecule has 2 fully saturated rings. The maximum absolute atomic E-state index is 12.3. The van der Waals surface area contributed by atoms with E-state index in [9.17, 15) is 4.79 Å². The number of morpholine rings is 1. The van der Waals surface area contributed by atoms with Gasteiger partial charge in [0.1, 0.15) is 30.1 Å². The standard InChI is InChI=1S/C31H37N7O3/c32-29-28-27(24-7-4-8-26(17-24)41-20-22-5-2-1-3-6-22)19-38(30(28)36-21-35-29)25-15-23(16-25)18-34-31(39)33-9-10-37-11-13-40-14-12-37/h1-8,17,19,21,23,25H,9-16,18,20H2,(H2,32,35,36)(H2,33,34,39). The maximum Gasteiger partial charge on any atom is 0.314 e. The van der Waals surface area contributed by atoms with Crippen LogP contribution in [0.2, 0.25) is 0 Å². The first-order valence-electron chi connectivity index (χ1n) is 14.3. The topological polar surface area (TPSA) is 120 Å². The molecule has 0 atom stereocenters. The highest BCUT2D eigenvalue weighted by Crippen LogP contribution is 2.43. The smallest absolute Gasteiger partial charge is 0.314 e. The third-order valence-corrected chi connectivity index (χ3v) is 8.00. The Balaban J connectivity index is 1.07. The fourth-order valence-electron chi connectivity index (χ4n) is 5.65. The summed E-state index contributed by atoms with van der Waals surface area (Å²) < 4.78 is 13.7. The SMILES string of the molecule is Nc1ncnc2c1c(-c1cccc(OCc3ccccc3)c1)cn2C1CC(CNC(=O)NCCN2CCOCC2)C1. The molecule has 10 heteroatoms. The molecule has 2 aliphatic rings. The van der Waals surface area contributed by atoms with Gasteiger partial charge in [0.25, 0.3) is 0 Å². The summed E-state index contributed by atoms with van der Waals surface area (Å²) in [6.45, 7) is 6.02. The number of aromatic nitrogens is 3. The molecule has 10 nitrogen and oxygen atoms in total. The minimum absolute atomic E-state index is 0.106. The van der Waals surface area contributed by atoms with Crippen LogP contribution in [0.3, 0.4) is 0 Å². The number of nitrogen functional groups attached to an aromatic ring is 1. The first-order valence-corrected chi connectivity index (χ1v) is 14.3. The number of nitrogens with two attached hydrogens (primary N) is 1. The van der Waals surface area contributed by atoms with Crippen LogP contribution < -0.4 is 21.1 Å². The van der Waals surface area contributed by atoms with Crippen molar-refractivity contribution in [3.05, 3.63) is 72.7 Å². The number of hydrogen-bond donors (Lipinski definition) is 3. The molecule has 1 saturated heterocycles. The van der Waals surface area contributed by atoms with Crippen molar-refractivity contribution in [1.82, 2.24) is 30.1 Å². The number of hydrogen-bond acceptors (Lipinski definition) is 7. The summed E-state index contributed by atoms with van der Waals surface area (Å²) >= 11 is 0. The van der Waals surface area contributed by atoms with Crippen LogP contribution >= 0.6 is 0 Å². The highest BCUT2D eigenvalue weighted by atomic mass is 16.5. The van der Waals surface area contributed by atoms with E-state index in [1.165, 1.54) is 6.33 Å². The zero-order valence-electron chi connectivity index (χ0n) is 23.2. The van der Waals surface area contributed by atoms with Crippen LogP contribution in [0.5, 0.6) is 5.75 Å². The average Bonchev–Trinajstić information content (AvgIpc) is 3.37. The molecule has 0 bridgehead atoms. The summed E-state index contributed by atoms with van der Waals surface area (Å²) in [5.41, 5.74) is 10.3. The van der Waals surface area contributed by atoms with E-state index in [0.29, 0.717) is 31.4 Å². The summed E-state index contributed by atoms with van der Waals surface area (Å²) in [5.74, 6) is 1.67. The van der Waals surface area contributed by atoms with Crippen molar-refractivity contribution in [2.45, 2.75) is 25.5 Å². The summed E-state index contributed by atoms with van der Waals surface area (Å²) in [7, 11) is 0. The van der Waals surface area contributed by atoms with E-state index in [2.05, 4.69) is 54.5 Å². The van der Waals surface area contributed by atoms with E-state index in [0.717, 1.165) is 79.2 Å². The van der Waals surface area contributed by atoms with Gasteiger partial charge in [0, 0.05) is 50.5 Å². The predicted octanol–water partition coefficient (Wildman–Crippen LogP) is 3.84. The fourth-order valence-corrected chi connectivity index (χ4v) is 5.65. The number of benzene rings is 2. The van der Waals surface area contributed by atoms with Gasteiger partial charge in [0.2, 0.25) is 0 Å². The first-order chi connectivity index (χ1) is 20.1. The molecule has 0 unspecified atom stereocenters. The Kier molecular flexibility index (Phi) is 8.29. The third kappa shape index (κ3) is 6.44. The van der Waals surface area contributed by atoms with Crippen LogP contribution in [0.15, 0.2) is 67.1 Å². The molecular weight excluding hydrogens is 518 g/mol. The van der Waals surface area contributed by atoms with Gasteiger partial charge in [0.15, 0.2) is 0 Å². The van der Waals surface area contributed by atoms with Gasteiger partial charge in [-0.15, -0.1) is 0 Å². The number of urea groups is 1. The monoisotopic (exact) mass is 555 g/mol. The number of nitrogens with one attached hydrogen (secondary N) is 2. The van der Waals surface area contributed by atoms with Crippen LogP contribution in [0.4, 0.5) is 10.6 Å². The minimum atomic E-state index is -0.106. The highest BCUT2D eigenvalue weighted by Gasteiger charge is 2.32. The zero-order valence-corrected chi connectivity index (χ0v) is 23.2. The van der Waals surface area contributed by atoms with Gasteiger partial charge in [-0.05, 0) is 42.0 Å². The lowest BCUT2D eigenvalue weighted by Crippen LogP contribution is -2.45. The van der Waals surface area contributed by atoms with Crippen molar-refractivity contribution in [2.75, 3.05) is 51.7 Å². The molecule has 2 aromatic carbocycles. The van der Waals surface area contributed by atoms with Crippen LogP contribution in [0, 0.1) is 5.92 Å². The second kappa shape index (κ2) is 12.6. The molecule has 41 heavy (non-hydrogen) atoms. The lowest BCUT2D eigenvalue weighted by atomic mass is 9.80. The van der Waals surface area contributed by atoms with Crippen LogP contribution in [0.1, 0.15) is 24.4 Å². The van der Waals surface area contributed by atoms with Gasteiger partial charge in [-0.3, -0.25) is 4.90 Å². The number of amides is 2. The van der Waals surface area contributed by atoms with Crippen molar-refractivity contribution in [1.29, 1.82) is 0 Å². The number of ether oxygens (including phenoxy) is 2. The summed E-state index contributed by atoms with van der Waals surface area (Å²) in [4.78, 5) is 23.5. The number of carbonyl (C=O) groups excluding carboxylic acids is 1. The normalized spacial score (nSPS) is 19.0. The lowest BCUT2D eigenvalue weighted by molar-refractivity contribution is 0.0387. The molecule has 1 aliphatic carbocycles. The van der Waals surface area contributed by atoms with Crippen LogP contribution in [0.25, 0.3) is 22.2 Å². The Bertz CT molecular complexity index is 1460. The predicted molar refractivity (Wildman–Crippen MR) is 159 cm³/mol. The van der Waals surface area contributed by atoms with E-state index in [4.69, 9.17) is 15.2 Å². The Morgan fingerprint density at radius 1 is 1.05 bits per heavy atom. The Hall–Kier alpha value is -4.15. The second-order valence-electron chi connectivity index (χ2n) is 10.8. The zero-order chi connectivity index (χ0) is 28.0. The number of carbonyl (C=O) groups is 1. The largest absolute Gasteiger partial charge is 0.489 e. The Morgan fingerprint density at radius 3 is 2.71 bits per heavy atom. The number of rotatable bonds is 10. The fraction of sp³-hybridized carbons (Fsp3) is 0.387. The minimum Gasteiger partial charge on any atom is -0.489 e. The molecule has 214 valence electrons. The maximum atomic E-state index is 12.3. The van der Waals surface area contributed by atoms with E-state index in [1.54, 1.807) is 0 Å². The van der Waals surface area contributed by atoms with Crippen molar-refractivity contribution in [3.8, 4) is 16.9 Å². The van der Waals surface area contributed by atoms with Crippen LogP contribution in [-0.2, 0) is 11.3 Å². The van der Waals surface area contributed by atoms with Gasteiger partial charge in [-0.25, -0.2) is 14.8 Å². The third-order valence-electron chi connectivity index (χ3n) is 8.00. The van der Waals surface area contributed by atoms with E-state index in [-0.39, 0.29) is 12.1 Å². The van der Waals surface area contributed by atoms with Gasteiger partial charge < -0.3 is 30.4 Å². The average molecular weight is 556 g/mol. The quantitative estimate of drug-likeness (QED) is 0.272. The summed E-state index contributed by atoms with van der Waals surface area (Å²) in [6, 6.07) is 18.4. The van der Waals surface area contributed by atoms with Crippen molar-refractivity contribution < 1.29 is 14.3 Å². The molecule has 4 N–H and O–H groups in total. The van der Waals surface area contributed by atoms with Crippen LogP contribution in [-0.4, -0.2) is 71.4 Å². The van der Waals surface area contributed by atoms with E-state index < -0.39 is 0 Å². The molecule has 3 heterocycles. The molecule has 0 spiro atoms. The van der Waals surface area contributed by atoms with Gasteiger partial charge in [0.05, 0.1) is 18.6 Å². The van der Waals surface area contributed by atoms with E-state index >= 15 is 0 Å². The first kappa shape index (κ1) is 27.0. The summed E-state index contributed by atoms with van der Waals surface area (Å²) in [6.07, 6.45) is 5.58. The second-order valence-corrected chi connectivity index (χ2v) is 10.8. The molecule has 0 radical (unpaired) electrons. The van der Waals surface area contributed by atoms with Gasteiger partial charge in [-0.2, -0.15) is 0 Å².